The molecule has 108 valence electrons. The molecule has 2 aromatic heterocycles. The molecular weight excluding hydrogens is 252 g/mol. The molecule has 1 atom stereocenters. The Balaban J connectivity index is 1.75. The van der Waals surface area contributed by atoms with Crippen LogP contribution < -0.4 is 10.6 Å². The van der Waals surface area contributed by atoms with E-state index in [1.54, 1.807) is 0 Å². The molecule has 0 saturated heterocycles. The number of aryl methyl sites for hydroxylation is 1. The van der Waals surface area contributed by atoms with Gasteiger partial charge in [0.25, 0.3) is 0 Å². The lowest BCUT2D eigenvalue weighted by Gasteiger charge is -2.12. The number of hydrogen-bond donors (Lipinski definition) is 2. The van der Waals surface area contributed by atoms with Crippen LogP contribution in [0.15, 0.2) is 30.6 Å². The van der Waals surface area contributed by atoms with Gasteiger partial charge in [0.15, 0.2) is 0 Å². The van der Waals surface area contributed by atoms with Crippen LogP contribution in [0.2, 0.25) is 0 Å². The Morgan fingerprint density at radius 2 is 2.30 bits per heavy atom. The topological polar surface area (TPSA) is 58.4 Å². The number of carbonyl (C=O) groups is 1. The van der Waals surface area contributed by atoms with E-state index < -0.39 is 0 Å². The molecule has 2 rings (SSSR count). The molecule has 0 spiro atoms. The molecule has 0 aromatic carbocycles. The number of hydrogen-bond acceptors (Lipinski definition) is 2. The molecule has 2 N–H and O–H groups in total. The highest BCUT2D eigenvalue weighted by atomic mass is 16.2. The van der Waals surface area contributed by atoms with Crippen LogP contribution in [0.3, 0.4) is 0 Å². The van der Waals surface area contributed by atoms with Gasteiger partial charge in [-0.1, -0.05) is 13.0 Å². The first-order valence-electron chi connectivity index (χ1n) is 7.16. The maximum atomic E-state index is 11.5. The van der Waals surface area contributed by atoms with Crippen molar-refractivity contribution in [3.05, 3.63) is 36.4 Å². The molecule has 2 heterocycles. The first-order valence-corrected chi connectivity index (χ1v) is 7.16. The van der Waals surface area contributed by atoms with Crippen molar-refractivity contribution < 1.29 is 4.79 Å². The van der Waals surface area contributed by atoms with E-state index in [0.29, 0.717) is 6.54 Å². The van der Waals surface area contributed by atoms with E-state index in [1.165, 1.54) is 0 Å². The lowest BCUT2D eigenvalue weighted by molar-refractivity contribution is 0.237. The molecule has 5 heteroatoms. The smallest absolute Gasteiger partial charge is 0.314 e. The van der Waals surface area contributed by atoms with Gasteiger partial charge < -0.3 is 15.0 Å². The summed E-state index contributed by atoms with van der Waals surface area (Å²) < 4.78 is 2.08. The molecule has 0 bridgehead atoms. The zero-order valence-corrected chi connectivity index (χ0v) is 12.1. The summed E-state index contributed by atoms with van der Waals surface area (Å²) in [7, 11) is 0. The standard InChI is InChI=1S/C15H22N4O/c1-3-12(2)18-15(20)16-9-6-8-14-17-11-13-7-4-5-10-19(13)14/h4-5,7,10-12H,3,6,8-9H2,1-2H3,(H2,16,18,20). The summed E-state index contributed by atoms with van der Waals surface area (Å²) in [6.07, 6.45) is 6.55. The molecule has 5 nitrogen and oxygen atoms in total. The normalized spacial score (nSPS) is 12.3. The van der Waals surface area contributed by atoms with Gasteiger partial charge >= 0.3 is 6.03 Å². The molecular formula is C15H22N4O. The predicted octanol–water partition coefficient (Wildman–Crippen LogP) is 2.36. The third-order valence-corrected chi connectivity index (χ3v) is 3.37. The number of pyridine rings is 1. The van der Waals surface area contributed by atoms with Gasteiger partial charge in [0.2, 0.25) is 0 Å². The maximum Gasteiger partial charge on any atom is 0.314 e. The quantitative estimate of drug-likeness (QED) is 0.794. The van der Waals surface area contributed by atoms with Gasteiger partial charge in [-0.05, 0) is 31.9 Å². The number of imidazole rings is 1. The lowest BCUT2D eigenvalue weighted by Crippen LogP contribution is -2.40. The van der Waals surface area contributed by atoms with Crippen LogP contribution in [0.5, 0.6) is 0 Å². The third-order valence-electron chi connectivity index (χ3n) is 3.37. The zero-order valence-electron chi connectivity index (χ0n) is 12.1. The molecule has 2 aromatic rings. The van der Waals surface area contributed by atoms with Crippen molar-refractivity contribution in [2.45, 2.75) is 39.2 Å². The number of carbonyl (C=O) groups excluding carboxylic acids is 1. The van der Waals surface area contributed by atoms with Crippen molar-refractivity contribution in [2.24, 2.45) is 0 Å². The van der Waals surface area contributed by atoms with Gasteiger partial charge in [-0.3, -0.25) is 0 Å². The van der Waals surface area contributed by atoms with E-state index in [2.05, 4.69) is 20.0 Å². The molecule has 0 aliphatic carbocycles. The Morgan fingerprint density at radius 1 is 1.45 bits per heavy atom. The highest BCUT2D eigenvalue weighted by molar-refractivity contribution is 5.74. The number of nitrogens with zero attached hydrogens (tertiary/aromatic N) is 2. The van der Waals surface area contributed by atoms with E-state index in [1.807, 2.05) is 44.4 Å². The van der Waals surface area contributed by atoms with Gasteiger partial charge in [-0.2, -0.15) is 0 Å². The summed E-state index contributed by atoms with van der Waals surface area (Å²) in [6, 6.07) is 6.16. The molecule has 20 heavy (non-hydrogen) atoms. The van der Waals surface area contributed by atoms with E-state index in [-0.39, 0.29) is 12.1 Å². The zero-order chi connectivity index (χ0) is 14.4. The Hall–Kier alpha value is -2.04. The number of fused-ring (bicyclic) bond motifs is 1. The van der Waals surface area contributed by atoms with Crippen LogP contribution in [-0.2, 0) is 6.42 Å². The van der Waals surface area contributed by atoms with E-state index in [9.17, 15) is 4.79 Å². The Labute approximate surface area is 119 Å². The number of amides is 2. The molecule has 0 radical (unpaired) electrons. The minimum Gasteiger partial charge on any atom is -0.338 e. The number of aromatic nitrogens is 2. The van der Waals surface area contributed by atoms with Crippen LogP contribution in [0.4, 0.5) is 4.79 Å². The van der Waals surface area contributed by atoms with Gasteiger partial charge in [-0.25, -0.2) is 9.78 Å². The summed E-state index contributed by atoms with van der Waals surface area (Å²) >= 11 is 0. The molecule has 0 fully saturated rings. The second kappa shape index (κ2) is 6.93. The van der Waals surface area contributed by atoms with Crippen molar-refractivity contribution in [3.63, 3.8) is 0 Å². The van der Waals surface area contributed by atoms with Crippen molar-refractivity contribution >= 4 is 11.5 Å². The minimum atomic E-state index is -0.0904. The van der Waals surface area contributed by atoms with Gasteiger partial charge in [0.1, 0.15) is 5.82 Å². The van der Waals surface area contributed by atoms with Crippen molar-refractivity contribution in [1.29, 1.82) is 0 Å². The highest BCUT2D eigenvalue weighted by Crippen LogP contribution is 2.07. The average molecular weight is 274 g/mol. The lowest BCUT2D eigenvalue weighted by atomic mass is 10.2. The summed E-state index contributed by atoms with van der Waals surface area (Å²) in [5.41, 5.74) is 1.10. The Kier molecular flexibility index (Phi) is 4.98. The van der Waals surface area contributed by atoms with Crippen molar-refractivity contribution in [2.75, 3.05) is 6.54 Å². The summed E-state index contributed by atoms with van der Waals surface area (Å²) in [6.45, 7) is 4.70. The van der Waals surface area contributed by atoms with E-state index in [4.69, 9.17) is 0 Å². The predicted molar refractivity (Wildman–Crippen MR) is 79.8 cm³/mol. The molecule has 0 saturated carbocycles. The second-order valence-corrected chi connectivity index (χ2v) is 4.98. The van der Waals surface area contributed by atoms with E-state index >= 15 is 0 Å². The van der Waals surface area contributed by atoms with Crippen LogP contribution in [0.25, 0.3) is 5.52 Å². The first-order chi connectivity index (χ1) is 9.70. The number of urea groups is 1. The van der Waals surface area contributed by atoms with Crippen molar-refractivity contribution in [3.8, 4) is 0 Å². The summed E-state index contributed by atoms with van der Waals surface area (Å²) in [5.74, 6) is 1.03. The Bertz CT molecular complexity index is 564. The Morgan fingerprint density at radius 3 is 3.10 bits per heavy atom. The third kappa shape index (κ3) is 3.73. The molecule has 0 aliphatic rings. The van der Waals surface area contributed by atoms with E-state index in [0.717, 1.165) is 30.6 Å². The van der Waals surface area contributed by atoms with Gasteiger partial charge in [0, 0.05) is 25.2 Å². The van der Waals surface area contributed by atoms with Crippen LogP contribution in [0.1, 0.15) is 32.5 Å². The number of nitrogens with one attached hydrogen (secondary N) is 2. The first kappa shape index (κ1) is 14.4. The highest BCUT2D eigenvalue weighted by Gasteiger charge is 2.05. The maximum absolute atomic E-state index is 11.5. The fourth-order valence-corrected chi connectivity index (χ4v) is 2.01. The molecule has 0 aliphatic heterocycles. The second-order valence-electron chi connectivity index (χ2n) is 4.98. The van der Waals surface area contributed by atoms with Crippen LogP contribution in [0, 0.1) is 0 Å². The minimum absolute atomic E-state index is 0.0904. The fourth-order valence-electron chi connectivity index (χ4n) is 2.01. The van der Waals surface area contributed by atoms with Crippen LogP contribution in [-0.4, -0.2) is 28.0 Å². The monoisotopic (exact) mass is 274 g/mol. The molecule has 1 unspecified atom stereocenters. The fraction of sp³-hybridized carbons (Fsp3) is 0.467. The van der Waals surface area contributed by atoms with Crippen molar-refractivity contribution in [1.82, 2.24) is 20.0 Å². The number of rotatable bonds is 6. The largest absolute Gasteiger partial charge is 0.338 e. The van der Waals surface area contributed by atoms with Crippen LogP contribution >= 0.6 is 0 Å². The summed E-state index contributed by atoms with van der Waals surface area (Å²) in [4.78, 5) is 16.0. The average Bonchev–Trinajstić information content (AvgIpc) is 2.87. The SMILES string of the molecule is CCC(C)NC(=O)NCCCc1ncc2ccccn12. The summed E-state index contributed by atoms with van der Waals surface area (Å²) in [5, 5.41) is 5.75. The van der Waals surface area contributed by atoms with Gasteiger partial charge in [-0.15, -0.1) is 0 Å². The van der Waals surface area contributed by atoms with Gasteiger partial charge in [0.05, 0.1) is 11.7 Å². The molecule has 2 amide bonds.